The molecule has 1 saturated carbocycles. The van der Waals surface area contributed by atoms with Gasteiger partial charge in [-0.05, 0) is 74.9 Å². The SMILES string of the molecule is CCNCCC1(Oc2cc(C(C)C)c(Cl)cc2C)CCC1. The molecule has 0 aromatic heterocycles. The summed E-state index contributed by atoms with van der Waals surface area (Å²) in [6.45, 7) is 10.6. The number of nitrogens with one attached hydrogen (secondary N) is 1. The van der Waals surface area contributed by atoms with E-state index in [9.17, 15) is 0 Å². The normalized spacial score (nSPS) is 16.9. The van der Waals surface area contributed by atoms with Crippen LogP contribution >= 0.6 is 11.6 Å². The van der Waals surface area contributed by atoms with Crippen LogP contribution in [0.4, 0.5) is 0 Å². The van der Waals surface area contributed by atoms with Crippen LogP contribution in [-0.4, -0.2) is 18.7 Å². The van der Waals surface area contributed by atoms with Gasteiger partial charge in [0.2, 0.25) is 0 Å². The molecule has 118 valence electrons. The minimum atomic E-state index is 0.0367. The monoisotopic (exact) mass is 309 g/mol. The summed E-state index contributed by atoms with van der Waals surface area (Å²) in [5.41, 5.74) is 2.35. The average molecular weight is 310 g/mol. The number of hydrogen-bond acceptors (Lipinski definition) is 2. The maximum Gasteiger partial charge on any atom is 0.123 e. The Hall–Kier alpha value is -0.730. The largest absolute Gasteiger partial charge is 0.487 e. The van der Waals surface area contributed by atoms with Crippen molar-refractivity contribution in [2.45, 2.75) is 64.9 Å². The first kappa shape index (κ1) is 16.6. The molecule has 0 atom stereocenters. The minimum absolute atomic E-state index is 0.0367. The Labute approximate surface area is 134 Å². The van der Waals surface area contributed by atoms with Gasteiger partial charge in [0, 0.05) is 5.02 Å². The van der Waals surface area contributed by atoms with Crippen molar-refractivity contribution in [2.24, 2.45) is 0 Å². The third-order valence-corrected chi connectivity index (χ3v) is 4.84. The topological polar surface area (TPSA) is 21.3 Å². The van der Waals surface area contributed by atoms with Gasteiger partial charge in [0.1, 0.15) is 11.4 Å². The van der Waals surface area contributed by atoms with E-state index in [-0.39, 0.29) is 5.60 Å². The Morgan fingerprint density at radius 2 is 2.05 bits per heavy atom. The number of benzene rings is 1. The van der Waals surface area contributed by atoms with Crippen molar-refractivity contribution in [3.63, 3.8) is 0 Å². The Balaban J connectivity index is 2.15. The predicted molar refractivity (Wildman–Crippen MR) is 90.6 cm³/mol. The van der Waals surface area contributed by atoms with E-state index in [1.54, 1.807) is 0 Å². The molecule has 0 spiro atoms. The molecule has 21 heavy (non-hydrogen) atoms. The van der Waals surface area contributed by atoms with Crippen molar-refractivity contribution >= 4 is 11.6 Å². The van der Waals surface area contributed by atoms with E-state index in [0.29, 0.717) is 5.92 Å². The van der Waals surface area contributed by atoms with E-state index < -0.39 is 0 Å². The van der Waals surface area contributed by atoms with Crippen LogP contribution in [0, 0.1) is 6.92 Å². The van der Waals surface area contributed by atoms with Crippen molar-refractivity contribution < 1.29 is 4.74 Å². The number of halogens is 1. The van der Waals surface area contributed by atoms with Gasteiger partial charge in [-0.1, -0.05) is 32.4 Å². The lowest BCUT2D eigenvalue weighted by Crippen LogP contribution is -2.45. The number of hydrogen-bond donors (Lipinski definition) is 1. The highest BCUT2D eigenvalue weighted by Gasteiger charge is 2.39. The molecule has 3 heteroatoms. The van der Waals surface area contributed by atoms with Gasteiger partial charge in [0.15, 0.2) is 0 Å². The van der Waals surface area contributed by atoms with Crippen LogP contribution in [0.2, 0.25) is 5.02 Å². The molecule has 2 nitrogen and oxygen atoms in total. The van der Waals surface area contributed by atoms with Gasteiger partial charge in [-0.3, -0.25) is 0 Å². The Morgan fingerprint density at radius 3 is 2.57 bits per heavy atom. The van der Waals surface area contributed by atoms with Crippen LogP contribution in [-0.2, 0) is 0 Å². The molecule has 0 heterocycles. The van der Waals surface area contributed by atoms with E-state index in [4.69, 9.17) is 16.3 Å². The first-order chi connectivity index (χ1) is 9.97. The van der Waals surface area contributed by atoms with E-state index >= 15 is 0 Å². The fourth-order valence-electron chi connectivity index (χ4n) is 2.92. The lowest BCUT2D eigenvalue weighted by atomic mass is 9.77. The molecular formula is C18H28ClNO. The zero-order chi connectivity index (χ0) is 15.5. The van der Waals surface area contributed by atoms with Crippen molar-refractivity contribution in [3.05, 3.63) is 28.3 Å². The van der Waals surface area contributed by atoms with Crippen molar-refractivity contribution in [2.75, 3.05) is 13.1 Å². The highest BCUT2D eigenvalue weighted by Crippen LogP contribution is 2.41. The van der Waals surface area contributed by atoms with Crippen molar-refractivity contribution in [1.29, 1.82) is 0 Å². The lowest BCUT2D eigenvalue weighted by molar-refractivity contribution is -0.0147. The highest BCUT2D eigenvalue weighted by molar-refractivity contribution is 6.31. The average Bonchev–Trinajstić information content (AvgIpc) is 2.38. The molecule has 1 aromatic carbocycles. The Morgan fingerprint density at radius 1 is 1.33 bits per heavy atom. The van der Waals surface area contributed by atoms with Gasteiger partial charge >= 0.3 is 0 Å². The van der Waals surface area contributed by atoms with Crippen molar-refractivity contribution in [1.82, 2.24) is 5.32 Å². The van der Waals surface area contributed by atoms with Crippen LogP contribution in [0.15, 0.2) is 12.1 Å². The zero-order valence-electron chi connectivity index (χ0n) is 13.8. The summed E-state index contributed by atoms with van der Waals surface area (Å²) in [5.74, 6) is 1.43. The molecule has 0 aliphatic heterocycles. The molecular weight excluding hydrogens is 282 g/mol. The molecule has 0 saturated heterocycles. The van der Waals surface area contributed by atoms with Gasteiger partial charge in [-0.25, -0.2) is 0 Å². The molecule has 0 amide bonds. The van der Waals surface area contributed by atoms with Crippen LogP contribution in [0.1, 0.15) is 63.5 Å². The molecule has 2 rings (SSSR count). The first-order valence-corrected chi connectivity index (χ1v) is 8.55. The van der Waals surface area contributed by atoms with E-state index in [2.05, 4.69) is 39.1 Å². The van der Waals surface area contributed by atoms with Gasteiger partial charge in [-0.2, -0.15) is 0 Å². The van der Waals surface area contributed by atoms with Crippen molar-refractivity contribution in [3.8, 4) is 5.75 Å². The lowest BCUT2D eigenvalue weighted by Gasteiger charge is -2.42. The molecule has 1 fully saturated rings. The summed E-state index contributed by atoms with van der Waals surface area (Å²) in [6, 6.07) is 4.19. The smallest absolute Gasteiger partial charge is 0.123 e. The van der Waals surface area contributed by atoms with Gasteiger partial charge in [-0.15, -0.1) is 0 Å². The molecule has 1 N–H and O–H groups in total. The molecule has 0 bridgehead atoms. The fourth-order valence-corrected chi connectivity index (χ4v) is 3.36. The second-order valence-corrected chi connectivity index (χ2v) is 6.94. The summed E-state index contributed by atoms with van der Waals surface area (Å²) in [6.07, 6.45) is 4.69. The van der Waals surface area contributed by atoms with Crippen LogP contribution in [0.5, 0.6) is 5.75 Å². The summed E-state index contributed by atoms with van der Waals surface area (Å²) in [7, 11) is 0. The highest BCUT2D eigenvalue weighted by atomic mass is 35.5. The zero-order valence-corrected chi connectivity index (χ0v) is 14.5. The quantitative estimate of drug-likeness (QED) is 0.710. The fraction of sp³-hybridized carbons (Fsp3) is 0.667. The summed E-state index contributed by atoms with van der Waals surface area (Å²) in [5, 5.41) is 4.26. The van der Waals surface area contributed by atoms with Gasteiger partial charge in [0.05, 0.1) is 0 Å². The van der Waals surface area contributed by atoms with Gasteiger partial charge < -0.3 is 10.1 Å². The maximum absolute atomic E-state index is 6.46. The third-order valence-electron chi connectivity index (χ3n) is 4.51. The van der Waals surface area contributed by atoms with E-state index in [1.165, 1.54) is 12.0 Å². The third kappa shape index (κ3) is 3.92. The summed E-state index contributed by atoms with van der Waals surface area (Å²) < 4.78 is 6.46. The minimum Gasteiger partial charge on any atom is -0.487 e. The van der Waals surface area contributed by atoms with Crippen LogP contribution in [0.3, 0.4) is 0 Å². The Bertz CT molecular complexity index is 480. The second-order valence-electron chi connectivity index (χ2n) is 6.54. The molecule has 1 aliphatic carbocycles. The number of rotatable bonds is 7. The predicted octanol–water partition coefficient (Wildman–Crippen LogP) is 5.07. The molecule has 0 radical (unpaired) electrons. The molecule has 1 aliphatic rings. The molecule has 0 unspecified atom stereocenters. The standard InChI is InChI=1S/C18H28ClNO/c1-5-20-10-9-18(7-6-8-18)21-17-12-15(13(2)3)16(19)11-14(17)4/h11-13,20H,5-10H2,1-4H3. The first-order valence-electron chi connectivity index (χ1n) is 8.17. The van der Waals surface area contributed by atoms with Crippen LogP contribution in [0.25, 0.3) is 0 Å². The molecule has 1 aromatic rings. The van der Waals surface area contributed by atoms with Crippen LogP contribution < -0.4 is 10.1 Å². The Kier molecular flexibility index (Phi) is 5.56. The maximum atomic E-state index is 6.46. The van der Waals surface area contributed by atoms with E-state index in [0.717, 1.165) is 48.7 Å². The number of aryl methyl sites for hydroxylation is 1. The van der Waals surface area contributed by atoms with E-state index in [1.807, 2.05) is 6.07 Å². The second kappa shape index (κ2) is 7.02. The van der Waals surface area contributed by atoms with Gasteiger partial charge in [0.25, 0.3) is 0 Å². The summed E-state index contributed by atoms with van der Waals surface area (Å²) in [4.78, 5) is 0. The summed E-state index contributed by atoms with van der Waals surface area (Å²) >= 11 is 6.35. The number of ether oxygens (including phenoxy) is 1.